The molecule has 0 bridgehead atoms. The molecule has 4 aromatic rings. The molecule has 0 amide bonds. The second-order valence-corrected chi connectivity index (χ2v) is 7.79. The molecular formula is C25H23F3N2O4. The number of nitrogens with zero attached hydrogens (tertiary/aromatic N) is 2. The van der Waals surface area contributed by atoms with E-state index < -0.39 is 17.7 Å². The molecule has 0 aliphatic carbocycles. The van der Waals surface area contributed by atoms with Crippen LogP contribution in [0.5, 0.6) is 5.75 Å². The summed E-state index contributed by atoms with van der Waals surface area (Å²) >= 11 is 0. The van der Waals surface area contributed by atoms with Gasteiger partial charge in [0.25, 0.3) is 0 Å². The third-order valence-corrected chi connectivity index (χ3v) is 5.48. The minimum Gasteiger partial charge on any atom is -0.493 e. The van der Waals surface area contributed by atoms with Crippen molar-refractivity contribution in [2.75, 3.05) is 6.61 Å². The molecule has 178 valence electrons. The summed E-state index contributed by atoms with van der Waals surface area (Å²) in [5.41, 5.74) is 1.40. The maximum atomic E-state index is 12.8. The number of ether oxygens (including phenoxy) is 1. The average Bonchev–Trinajstić information content (AvgIpc) is 3.41. The van der Waals surface area contributed by atoms with Gasteiger partial charge in [0.1, 0.15) is 11.5 Å². The van der Waals surface area contributed by atoms with Gasteiger partial charge in [0.2, 0.25) is 5.89 Å². The van der Waals surface area contributed by atoms with Gasteiger partial charge in [-0.25, -0.2) is 4.98 Å². The van der Waals surface area contributed by atoms with Crippen molar-refractivity contribution in [2.45, 2.75) is 38.9 Å². The SMILES string of the molecule is CCc1oc(-c2ccc(C(F)(F)F)cc2)nc1CCOc1ccc2c(ccn2CCC(=O)O)c1. The van der Waals surface area contributed by atoms with Crippen molar-refractivity contribution >= 4 is 16.9 Å². The number of halogens is 3. The largest absolute Gasteiger partial charge is 0.493 e. The molecule has 0 aliphatic heterocycles. The number of aliphatic carboxylic acids is 1. The fourth-order valence-corrected chi connectivity index (χ4v) is 3.72. The fraction of sp³-hybridized carbons (Fsp3) is 0.280. The molecule has 2 heterocycles. The van der Waals surface area contributed by atoms with Crippen LogP contribution in [0.1, 0.15) is 30.4 Å². The monoisotopic (exact) mass is 472 g/mol. The molecule has 0 saturated carbocycles. The van der Waals surface area contributed by atoms with Crippen LogP contribution in [-0.2, 0) is 30.4 Å². The lowest BCUT2D eigenvalue weighted by atomic mass is 10.1. The van der Waals surface area contributed by atoms with Gasteiger partial charge in [0.05, 0.1) is 24.3 Å². The van der Waals surface area contributed by atoms with Gasteiger partial charge in [0, 0.05) is 42.0 Å². The predicted octanol–water partition coefficient (Wildman–Crippen LogP) is 5.97. The normalized spacial score (nSPS) is 11.8. The molecule has 34 heavy (non-hydrogen) atoms. The lowest BCUT2D eigenvalue weighted by Gasteiger charge is -2.07. The van der Waals surface area contributed by atoms with Crippen LogP contribution in [0, 0.1) is 0 Å². The van der Waals surface area contributed by atoms with Crippen molar-refractivity contribution in [2.24, 2.45) is 0 Å². The van der Waals surface area contributed by atoms with E-state index in [1.165, 1.54) is 12.1 Å². The highest BCUT2D eigenvalue weighted by Crippen LogP contribution is 2.31. The van der Waals surface area contributed by atoms with E-state index in [-0.39, 0.29) is 12.3 Å². The molecule has 2 aromatic carbocycles. The van der Waals surface area contributed by atoms with Crippen molar-refractivity contribution in [3.63, 3.8) is 0 Å². The Hall–Kier alpha value is -3.75. The van der Waals surface area contributed by atoms with Crippen molar-refractivity contribution in [3.8, 4) is 17.2 Å². The summed E-state index contributed by atoms with van der Waals surface area (Å²) in [5.74, 6) is 0.782. The molecule has 4 rings (SSSR count). The molecule has 0 radical (unpaired) electrons. The first kappa shape index (κ1) is 23.4. The van der Waals surface area contributed by atoms with Crippen molar-refractivity contribution in [1.29, 1.82) is 0 Å². The Bertz CT molecular complexity index is 1290. The zero-order chi connectivity index (χ0) is 24.3. The number of fused-ring (bicyclic) bond motifs is 1. The Balaban J connectivity index is 1.41. The maximum absolute atomic E-state index is 12.8. The summed E-state index contributed by atoms with van der Waals surface area (Å²) in [6.07, 6.45) is -1.42. The van der Waals surface area contributed by atoms with Crippen molar-refractivity contribution < 1.29 is 32.2 Å². The minimum atomic E-state index is -4.39. The van der Waals surface area contributed by atoms with E-state index in [4.69, 9.17) is 14.3 Å². The van der Waals surface area contributed by atoms with Gasteiger partial charge in [-0.1, -0.05) is 6.92 Å². The Labute approximate surface area is 193 Å². The standard InChI is InChI=1S/C25H23F3N2O4/c1-2-22-20(29-24(34-22)16-3-5-18(6-4-16)25(26,27)28)11-14-33-19-7-8-21-17(15-19)9-12-30(21)13-10-23(31)32/h3-9,12,15H,2,10-11,13-14H2,1H3,(H,31,32). The number of rotatable bonds is 9. The second-order valence-electron chi connectivity index (χ2n) is 7.79. The van der Waals surface area contributed by atoms with Crippen LogP contribution in [-0.4, -0.2) is 27.2 Å². The predicted molar refractivity (Wildman–Crippen MR) is 120 cm³/mol. The van der Waals surface area contributed by atoms with E-state index in [2.05, 4.69) is 4.98 Å². The van der Waals surface area contributed by atoms with Crippen LogP contribution in [0.4, 0.5) is 13.2 Å². The number of hydrogen-bond acceptors (Lipinski definition) is 4. The highest BCUT2D eigenvalue weighted by molar-refractivity contribution is 5.81. The van der Waals surface area contributed by atoms with Crippen LogP contribution < -0.4 is 4.74 Å². The lowest BCUT2D eigenvalue weighted by Crippen LogP contribution is -2.04. The van der Waals surface area contributed by atoms with E-state index in [1.807, 2.05) is 42.0 Å². The number of oxazole rings is 1. The van der Waals surface area contributed by atoms with E-state index >= 15 is 0 Å². The topological polar surface area (TPSA) is 77.5 Å². The van der Waals surface area contributed by atoms with Crippen LogP contribution in [0.15, 0.2) is 59.1 Å². The maximum Gasteiger partial charge on any atom is 0.416 e. The third kappa shape index (κ3) is 5.24. The van der Waals surface area contributed by atoms with E-state index in [1.54, 1.807) is 0 Å². The number of benzene rings is 2. The Morgan fingerprint density at radius 1 is 1.15 bits per heavy atom. The molecule has 0 atom stereocenters. The van der Waals surface area contributed by atoms with E-state index in [9.17, 15) is 18.0 Å². The Morgan fingerprint density at radius 3 is 2.59 bits per heavy atom. The highest BCUT2D eigenvalue weighted by atomic mass is 19.4. The molecule has 0 saturated heterocycles. The summed E-state index contributed by atoms with van der Waals surface area (Å²) in [4.78, 5) is 15.3. The summed E-state index contributed by atoms with van der Waals surface area (Å²) in [6.45, 7) is 2.66. The summed E-state index contributed by atoms with van der Waals surface area (Å²) in [5, 5.41) is 9.82. The Morgan fingerprint density at radius 2 is 1.91 bits per heavy atom. The minimum absolute atomic E-state index is 0.0496. The third-order valence-electron chi connectivity index (χ3n) is 5.48. The number of alkyl halides is 3. The lowest BCUT2D eigenvalue weighted by molar-refractivity contribution is -0.138. The van der Waals surface area contributed by atoms with Gasteiger partial charge in [-0.15, -0.1) is 0 Å². The first-order valence-electron chi connectivity index (χ1n) is 10.8. The molecule has 1 N–H and O–H groups in total. The van der Waals surface area contributed by atoms with Crippen LogP contribution in [0.2, 0.25) is 0 Å². The first-order chi connectivity index (χ1) is 16.2. The fourth-order valence-electron chi connectivity index (χ4n) is 3.72. The van der Waals surface area contributed by atoms with E-state index in [0.717, 1.165) is 23.0 Å². The zero-order valence-electron chi connectivity index (χ0n) is 18.4. The molecule has 6 nitrogen and oxygen atoms in total. The molecule has 0 aliphatic rings. The van der Waals surface area contributed by atoms with Crippen LogP contribution in [0.3, 0.4) is 0 Å². The van der Waals surface area contributed by atoms with Crippen molar-refractivity contribution in [3.05, 3.63) is 71.7 Å². The highest BCUT2D eigenvalue weighted by Gasteiger charge is 2.30. The van der Waals surface area contributed by atoms with Gasteiger partial charge < -0.3 is 18.8 Å². The molecule has 0 spiro atoms. The summed E-state index contributed by atoms with van der Waals surface area (Å²) in [7, 11) is 0. The van der Waals surface area contributed by atoms with Crippen LogP contribution in [0.25, 0.3) is 22.4 Å². The van der Waals surface area contributed by atoms with Gasteiger partial charge >= 0.3 is 12.1 Å². The first-order valence-corrected chi connectivity index (χ1v) is 10.8. The molecular weight excluding hydrogens is 449 g/mol. The van der Waals surface area contributed by atoms with Gasteiger partial charge in [0.15, 0.2) is 0 Å². The number of carboxylic acid groups (broad SMARTS) is 1. The second kappa shape index (κ2) is 9.62. The number of carbonyl (C=O) groups is 1. The van der Waals surface area contributed by atoms with Gasteiger partial charge in [-0.3, -0.25) is 4.79 Å². The quantitative estimate of drug-likeness (QED) is 0.325. The average molecular weight is 472 g/mol. The van der Waals surface area contributed by atoms with Crippen molar-refractivity contribution in [1.82, 2.24) is 9.55 Å². The summed E-state index contributed by atoms with van der Waals surface area (Å²) < 4.78 is 52.0. The molecule has 0 unspecified atom stereocenters. The molecule has 2 aromatic heterocycles. The summed E-state index contributed by atoms with van der Waals surface area (Å²) in [6, 6.07) is 12.3. The number of aryl methyl sites for hydroxylation is 2. The number of carboxylic acids is 1. The zero-order valence-corrected chi connectivity index (χ0v) is 18.4. The van der Waals surface area contributed by atoms with Gasteiger partial charge in [-0.05, 0) is 48.5 Å². The molecule has 0 fully saturated rings. The van der Waals surface area contributed by atoms with E-state index in [0.29, 0.717) is 48.8 Å². The molecule has 9 heteroatoms. The van der Waals surface area contributed by atoms with Crippen LogP contribution >= 0.6 is 0 Å². The smallest absolute Gasteiger partial charge is 0.416 e. The Kier molecular flexibility index (Phi) is 6.63. The van der Waals surface area contributed by atoms with Gasteiger partial charge in [-0.2, -0.15) is 13.2 Å². The number of hydrogen-bond donors (Lipinski definition) is 1. The number of aromatic nitrogens is 2.